The maximum Gasteiger partial charge on any atom is 0.495 e. The largest absolute Gasteiger partial charge is 0.495 e. The Labute approximate surface area is 152 Å². The first kappa shape index (κ1) is 20.5. The van der Waals surface area contributed by atoms with Gasteiger partial charge < -0.3 is 13.5 Å². The molecule has 11 heteroatoms. The van der Waals surface area contributed by atoms with Crippen LogP contribution in [-0.4, -0.2) is 26.7 Å². The van der Waals surface area contributed by atoms with E-state index in [4.69, 9.17) is 14.8 Å². The van der Waals surface area contributed by atoms with E-state index in [9.17, 15) is 12.3 Å². The number of rotatable bonds is 5. The van der Waals surface area contributed by atoms with Crippen molar-refractivity contribution in [2.45, 2.75) is 59.3 Å². The number of benzene rings is 1. The summed E-state index contributed by atoms with van der Waals surface area (Å²) in [6.45, 7) is 10.8. The van der Waals surface area contributed by atoms with Crippen LogP contribution in [0, 0.1) is 13.8 Å². The Hall–Kier alpha value is -1.81. The SMILES string of the molecule is Cc1c(CN=[N+]=[N-])cc(OS(=O)(=O)F)c(C)c1B1OC(C)(C)C(C)(C)O1. The van der Waals surface area contributed by atoms with E-state index in [2.05, 4.69) is 14.2 Å². The lowest BCUT2D eigenvalue weighted by Crippen LogP contribution is -2.41. The van der Waals surface area contributed by atoms with Crippen LogP contribution in [0.15, 0.2) is 11.2 Å². The summed E-state index contributed by atoms with van der Waals surface area (Å²) in [5.74, 6) is -0.203. The molecule has 1 aromatic carbocycles. The molecule has 1 fully saturated rings. The lowest BCUT2D eigenvalue weighted by atomic mass is 9.72. The van der Waals surface area contributed by atoms with Gasteiger partial charge >= 0.3 is 17.6 Å². The molecular formula is C15H21BFN3O5S. The molecule has 0 radical (unpaired) electrons. The van der Waals surface area contributed by atoms with Crippen molar-refractivity contribution in [3.8, 4) is 5.75 Å². The van der Waals surface area contributed by atoms with Crippen LogP contribution in [-0.2, 0) is 26.4 Å². The third-order valence-corrected chi connectivity index (χ3v) is 5.33. The Bertz CT molecular complexity index is 866. The molecule has 0 amide bonds. The van der Waals surface area contributed by atoms with Crippen molar-refractivity contribution >= 4 is 23.1 Å². The Morgan fingerprint density at radius 2 is 1.77 bits per heavy atom. The summed E-state index contributed by atoms with van der Waals surface area (Å²) in [5, 5.41) is 3.50. The number of nitrogens with zero attached hydrogens (tertiary/aromatic N) is 3. The van der Waals surface area contributed by atoms with Crippen LogP contribution in [0.3, 0.4) is 0 Å². The Kier molecular flexibility index (Phi) is 5.31. The van der Waals surface area contributed by atoms with Crippen molar-refractivity contribution in [3.05, 3.63) is 33.2 Å². The van der Waals surface area contributed by atoms with Crippen LogP contribution in [0.1, 0.15) is 44.4 Å². The van der Waals surface area contributed by atoms with E-state index in [0.29, 0.717) is 22.2 Å². The van der Waals surface area contributed by atoms with Gasteiger partial charge in [0.2, 0.25) is 0 Å². The second-order valence-corrected chi connectivity index (χ2v) is 8.10. The lowest BCUT2D eigenvalue weighted by Gasteiger charge is -2.32. The monoisotopic (exact) mass is 385 g/mol. The fourth-order valence-corrected chi connectivity index (χ4v) is 3.13. The molecule has 1 aromatic rings. The average Bonchev–Trinajstić information content (AvgIpc) is 2.67. The van der Waals surface area contributed by atoms with Gasteiger partial charge in [0.1, 0.15) is 5.75 Å². The van der Waals surface area contributed by atoms with Crippen molar-refractivity contribution in [2.24, 2.45) is 5.11 Å². The van der Waals surface area contributed by atoms with Crippen LogP contribution in [0.2, 0.25) is 0 Å². The van der Waals surface area contributed by atoms with Gasteiger partial charge in [0.25, 0.3) is 0 Å². The molecular weight excluding hydrogens is 364 g/mol. The van der Waals surface area contributed by atoms with Crippen LogP contribution in [0.5, 0.6) is 5.75 Å². The number of hydrogen-bond donors (Lipinski definition) is 0. The minimum Gasteiger partial charge on any atom is -0.399 e. The summed E-state index contributed by atoms with van der Waals surface area (Å²) in [5.41, 5.74) is 9.39. The van der Waals surface area contributed by atoms with Gasteiger partial charge in [-0.2, -0.15) is 8.42 Å². The van der Waals surface area contributed by atoms with E-state index in [1.165, 1.54) is 6.07 Å². The van der Waals surface area contributed by atoms with Crippen molar-refractivity contribution < 1.29 is 25.8 Å². The topological polar surface area (TPSA) is 111 Å². The van der Waals surface area contributed by atoms with Crippen LogP contribution < -0.4 is 9.65 Å². The van der Waals surface area contributed by atoms with Crippen molar-refractivity contribution in [1.29, 1.82) is 0 Å². The molecule has 26 heavy (non-hydrogen) atoms. The van der Waals surface area contributed by atoms with Crippen molar-refractivity contribution in [2.75, 3.05) is 0 Å². The predicted octanol–water partition coefficient (Wildman–Crippen LogP) is 3.01. The third kappa shape index (κ3) is 3.96. The second-order valence-electron chi connectivity index (χ2n) is 7.15. The normalized spacial score (nSPS) is 18.5. The highest BCUT2D eigenvalue weighted by molar-refractivity contribution is 7.81. The molecule has 0 spiro atoms. The van der Waals surface area contributed by atoms with Gasteiger partial charge in [-0.25, -0.2) is 0 Å². The van der Waals surface area contributed by atoms with Crippen molar-refractivity contribution in [1.82, 2.24) is 0 Å². The first-order valence-corrected chi connectivity index (χ1v) is 9.23. The highest BCUT2D eigenvalue weighted by Crippen LogP contribution is 2.38. The fourth-order valence-electron chi connectivity index (χ4n) is 2.74. The summed E-state index contributed by atoms with van der Waals surface area (Å²) in [4.78, 5) is 2.70. The molecule has 0 unspecified atom stereocenters. The van der Waals surface area contributed by atoms with Crippen LogP contribution >= 0.6 is 0 Å². The highest BCUT2D eigenvalue weighted by atomic mass is 32.3. The van der Waals surface area contributed by atoms with Gasteiger partial charge in [-0.3, -0.25) is 0 Å². The molecule has 1 heterocycles. The van der Waals surface area contributed by atoms with E-state index in [0.717, 1.165) is 0 Å². The van der Waals surface area contributed by atoms with Gasteiger partial charge in [-0.05, 0) is 75.3 Å². The molecule has 0 saturated carbocycles. The summed E-state index contributed by atoms with van der Waals surface area (Å²) in [7, 11) is -6.03. The number of hydrogen-bond acceptors (Lipinski definition) is 6. The zero-order valence-corrected chi connectivity index (χ0v) is 16.3. The molecule has 0 bridgehead atoms. The molecule has 0 atom stereocenters. The molecule has 0 aromatic heterocycles. The van der Waals surface area contributed by atoms with Gasteiger partial charge in [0.15, 0.2) is 0 Å². The van der Waals surface area contributed by atoms with E-state index >= 15 is 0 Å². The van der Waals surface area contributed by atoms with Gasteiger partial charge in [0, 0.05) is 4.91 Å². The molecule has 8 nitrogen and oxygen atoms in total. The Balaban J connectivity index is 2.64. The first-order valence-electron chi connectivity index (χ1n) is 7.92. The second kappa shape index (κ2) is 6.73. The minimum atomic E-state index is -5.22. The van der Waals surface area contributed by atoms with Gasteiger partial charge in [0.05, 0.1) is 17.7 Å². The fraction of sp³-hybridized carbons (Fsp3) is 0.600. The molecule has 142 valence electrons. The first-order chi connectivity index (χ1) is 11.8. The van der Waals surface area contributed by atoms with Crippen LogP contribution in [0.4, 0.5) is 3.89 Å². The average molecular weight is 385 g/mol. The summed E-state index contributed by atoms with van der Waals surface area (Å²) in [6.07, 6.45) is 0. The predicted molar refractivity (Wildman–Crippen MR) is 95.1 cm³/mol. The van der Waals surface area contributed by atoms with E-state index in [1.54, 1.807) is 13.8 Å². The highest BCUT2D eigenvalue weighted by Gasteiger charge is 2.52. The smallest absolute Gasteiger partial charge is 0.399 e. The standard InChI is InChI=1S/C15H21BFN3O5S/c1-9-11(8-19-20-18)7-12(23-26(17,21)22)10(2)13(9)16-24-14(3,4)15(5,6)25-16/h7H,8H2,1-6H3. The zero-order chi connectivity index (χ0) is 19.9. The molecule has 1 saturated heterocycles. The number of azide groups is 1. The maximum absolute atomic E-state index is 13.1. The zero-order valence-electron chi connectivity index (χ0n) is 15.5. The van der Waals surface area contributed by atoms with E-state index in [1.807, 2.05) is 27.7 Å². The quantitative estimate of drug-likeness (QED) is 0.254. The van der Waals surface area contributed by atoms with E-state index < -0.39 is 28.8 Å². The van der Waals surface area contributed by atoms with Crippen molar-refractivity contribution in [3.63, 3.8) is 0 Å². The molecule has 1 aliphatic rings. The van der Waals surface area contributed by atoms with Crippen LogP contribution in [0.25, 0.3) is 10.4 Å². The summed E-state index contributed by atoms with van der Waals surface area (Å²) < 4.78 is 51.6. The molecule has 2 rings (SSSR count). The molecule has 1 aliphatic heterocycles. The lowest BCUT2D eigenvalue weighted by molar-refractivity contribution is 0.00578. The minimum absolute atomic E-state index is 0.0577. The number of halogens is 1. The molecule has 0 aliphatic carbocycles. The Morgan fingerprint density at radius 3 is 2.23 bits per heavy atom. The maximum atomic E-state index is 13.1. The third-order valence-electron chi connectivity index (χ3n) is 4.95. The molecule has 0 N–H and O–H groups in total. The Morgan fingerprint density at radius 1 is 1.23 bits per heavy atom. The van der Waals surface area contributed by atoms with Gasteiger partial charge in [-0.15, -0.1) is 0 Å². The summed E-state index contributed by atoms with van der Waals surface area (Å²) >= 11 is 0. The van der Waals surface area contributed by atoms with E-state index in [-0.39, 0.29) is 12.3 Å². The van der Waals surface area contributed by atoms with Gasteiger partial charge in [-0.1, -0.05) is 9.00 Å². The summed E-state index contributed by atoms with van der Waals surface area (Å²) in [6, 6.07) is 1.34.